The molecule has 1 heterocycles. The van der Waals surface area contributed by atoms with Crippen molar-refractivity contribution in [3.8, 4) is 11.6 Å². The van der Waals surface area contributed by atoms with Crippen molar-refractivity contribution in [2.75, 3.05) is 13.2 Å². The molecule has 0 atom stereocenters. The Bertz CT molecular complexity index is 829. The summed E-state index contributed by atoms with van der Waals surface area (Å²) >= 11 is 0. The van der Waals surface area contributed by atoms with E-state index in [4.69, 9.17) is 9.47 Å². The van der Waals surface area contributed by atoms with Crippen LogP contribution in [0.3, 0.4) is 0 Å². The maximum atomic E-state index is 13.8. The van der Waals surface area contributed by atoms with Crippen molar-refractivity contribution in [3.63, 3.8) is 0 Å². The number of carbonyl (C=O) groups is 2. The van der Waals surface area contributed by atoms with Gasteiger partial charge >= 0.3 is 5.97 Å². The largest absolute Gasteiger partial charge is 0.461 e. The number of amides is 1. The lowest BCUT2D eigenvalue weighted by molar-refractivity contribution is 0.0514. The molecular weight excluding hydrogens is 355 g/mol. The number of nitrogens with zero attached hydrogens (tertiary/aromatic N) is 4. The number of hydrogen-bond donors (Lipinski definition) is 0. The number of aromatic nitrogens is 3. The zero-order valence-electron chi connectivity index (χ0n) is 15.6. The summed E-state index contributed by atoms with van der Waals surface area (Å²) in [6.45, 7) is 7.76. The number of rotatable bonds is 7. The fraction of sp³-hybridized carbons (Fsp3) is 0.389. The molecule has 0 radical (unpaired) electrons. The molecule has 0 spiro atoms. The number of esters is 1. The summed E-state index contributed by atoms with van der Waals surface area (Å²) in [6, 6.07) is 3.43. The highest BCUT2D eigenvalue weighted by Crippen LogP contribution is 2.28. The van der Waals surface area contributed by atoms with Crippen molar-refractivity contribution in [1.82, 2.24) is 20.1 Å². The Morgan fingerprint density at radius 3 is 2.63 bits per heavy atom. The van der Waals surface area contributed by atoms with Crippen molar-refractivity contribution < 1.29 is 23.5 Å². The summed E-state index contributed by atoms with van der Waals surface area (Å²) in [5.41, 5.74) is -0.184. The summed E-state index contributed by atoms with van der Waals surface area (Å²) in [5, 5.41) is 7.34. The van der Waals surface area contributed by atoms with Crippen LogP contribution >= 0.6 is 0 Å². The second-order valence-electron chi connectivity index (χ2n) is 5.76. The van der Waals surface area contributed by atoms with Crippen molar-refractivity contribution in [3.05, 3.63) is 41.6 Å². The summed E-state index contributed by atoms with van der Waals surface area (Å²) in [7, 11) is 0. The molecule has 0 N–H and O–H groups in total. The van der Waals surface area contributed by atoms with E-state index in [1.165, 1.54) is 6.07 Å². The Kier molecular flexibility index (Phi) is 6.75. The van der Waals surface area contributed by atoms with Crippen molar-refractivity contribution in [1.29, 1.82) is 0 Å². The van der Waals surface area contributed by atoms with E-state index in [-0.39, 0.29) is 35.5 Å². The first-order valence-corrected chi connectivity index (χ1v) is 8.52. The van der Waals surface area contributed by atoms with E-state index in [9.17, 15) is 14.0 Å². The van der Waals surface area contributed by atoms with Crippen LogP contribution in [-0.2, 0) is 4.74 Å². The van der Waals surface area contributed by atoms with E-state index in [2.05, 4.69) is 15.2 Å². The number of halogens is 1. The molecule has 0 saturated carbocycles. The quantitative estimate of drug-likeness (QED) is 0.686. The van der Waals surface area contributed by atoms with E-state index in [0.29, 0.717) is 6.54 Å². The van der Waals surface area contributed by atoms with Crippen LogP contribution in [0.5, 0.6) is 11.6 Å². The Balaban J connectivity index is 2.44. The van der Waals surface area contributed by atoms with E-state index in [1.807, 2.05) is 20.8 Å². The highest BCUT2D eigenvalue weighted by atomic mass is 19.1. The van der Waals surface area contributed by atoms with Gasteiger partial charge in [0.25, 0.3) is 11.8 Å². The first kappa shape index (κ1) is 20.2. The summed E-state index contributed by atoms with van der Waals surface area (Å²) in [4.78, 5) is 30.2. The molecule has 1 aromatic heterocycles. The van der Waals surface area contributed by atoms with Crippen molar-refractivity contribution in [2.45, 2.75) is 33.7 Å². The molecule has 2 rings (SSSR count). The third-order valence-corrected chi connectivity index (χ3v) is 3.66. The van der Waals surface area contributed by atoms with Gasteiger partial charge in [0, 0.05) is 12.6 Å². The van der Waals surface area contributed by atoms with Crippen molar-refractivity contribution >= 4 is 11.9 Å². The standard InChI is InChI=1S/C18H21FN4O4/c1-5-23(11(3)4)17(24)13-9-12(19)7-8-14(13)27-16-15(18(25)26-6-2)20-10-21-22-16/h7-11H,5-6H2,1-4H3. The Hall–Kier alpha value is -3.10. The lowest BCUT2D eigenvalue weighted by Crippen LogP contribution is -2.36. The predicted molar refractivity (Wildman–Crippen MR) is 94.1 cm³/mol. The van der Waals surface area contributed by atoms with Crippen LogP contribution in [0.4, 0.5) is 4.39 Å². The molecule has 9 heteroatoms. The molecule has 1 aromatic carbocycles. The molecule has 0 bridgehead atoms. The molecule has 0 unspecified atom stereocenters. The molecule has 1 amide bonds. The van der Waals surface area contributed by atoms with Gasteiger partial charge in [-0.15, -0.1) is 10.2 Å². The van der Waals surface area contributed by atoms with E-state index >= 15 is 0 Å². The Labute approximate surface area is 156 Å². The average Bonchev–Trinajstić information content (AvgIpc) is 2.64. The number of ether oxygens (including phenoxy) is 2. The van der Waals surface area contributed by atoms with Crippen LogP contribution in [0.25, 0.3) is 0 Å². The second kappa shape index (κ2) is 9.02. The highest BCUT2D eigenvalue weighted by molar-refractivity contribution is 5.97. The van der Waals surface area contributed by atoms with Gasteiger partial charge < -0.3 is 14.4 Å². The molecule has 0 aliphatic carbocycles. The van der Waals surface area contributed by atoms with Gasteiger partial charge in [0.05, 0.1) is 12.2 Å². The second-order valence-corrected chi connectivity index (χ2v) is 5.76. The average molecular weight is 376 g/mol. The van der Waals surface area contributed by atoms with Gasteiger partial charge in [-0.25, -0.2) is 14.2 Å². The van der Waals surface area contributed by atoms with E-state index in [1.54, 1.807) is 11.8 Å². The molecule has 2 aromatic rings. The molecule has 144 valence electrons. The van der Waals surface area contributed by atoms with Gasteiger partial charge in [-0.1, -0.05) is 0 Å². The summed E-state index contributed by atoms with van der Waals surface area (Å²) in [5.74, 6) is -1.93. The molecule has 0 aliphatic rings. The first-order chi connectivity index (χ1) is 12.9. The lowest BCUT2D eigenvalue weighted by atomic mass is 10.1. The van der Waals surface area contributed by atoms with E-state index in [0.717, 1.165) is 18.5 Å². The SMILES string of the molecule is CCOC(=O)c1ncnnc1Oc1ccc(F)cc1C(=O)N(CC)C(C)C. The lowest BCUT2D eigenvalue weighted by Gasteiger charge is -2.26. The monoisotopic (exact) mass is 376 g/mol. The molecule has 8 nitrogen and oxygen atoms in total. The van der Waals surface area contributed by atoms with Gasteiger partial charge in [-0.2, -0.15) is 0 Å². The zero-order valence-corrected chi connectivity index (χ0v) is 15.6. The number of carbonyl (C=O) groups excluding carboxylic acids is 2. The van der Waals surface area contributed by atoms with Crippen LogP contribution in [0.1, 0.15) is 48.5 Å². The fourth-order valence-corrected chi connectivity index (χ4v) is 2.43. The third kappa shape index (κ3) is 4.75. The number of hydrogen-bond acceptors (Lipinski definition) is 7. The van der Waals surface area contributed by atoms with Crippen LogP contribution in [0, 0.1) is 5.82 Å². The maximum absolute atomic E-state index is 13.8. The van der Waals surface area contributed by atoms with Crippen LogP contribution in [0.15, 0.2) is 24.5 Å². The Morgan fingerprint density at radius 1 is 1.26 bits per heavy atom. The van der Waals surface area contributed by atoms with E-state index < -0.39 is 17.7 Å². The minimum absolute atomic E-state index is 0.00557. The van der Waals surface area contributed by atoms with Crippen LogP contribution < -0.4 is 4.74 Å². The maximum Gasteiger partial charge on any atom is 0.362 e. The smallest absolute Gasteiger partial charge is 0.362 e. The molecular formula is C18H21FN4O4. The minimum atomic E-state index is -0.741. The summed E-state index contributed by atoms with van der Waals surface area (Å²) in [6.07, 6.45) is 1.08. The topological polar surface area (TPSA) is 94.5 Å². The fourth-order valence-electron chi connectivity index (χ4n) is 2.43. The minimum Gasteiger partial charge on any atom is -0.461 e. The van der Waals surface area contributed by atoms with Crippen LogP contribution in [0.2, 0.25) is 0 Å². The number of benzene rings is 1. The highest BCUT2D eigenvalue weighted by Gasteiger charge is 2.24. The molecule has 0 fully saturated rings. The molecule has 27 heavy (non-hydrogen) atoms. The van der Waals surface area contributed by atoms with Crippen LogP contribution in [-0.4, -0.2) is 51.2 Å². The summed E-state index contributed by atoms with van der Waals surface area (Å²) < 4.78 is 24.3. The van der Waals surface area contributed by atoms with Gasteiger partial charge in [0.15, 0.2) is 0 Å². The van der Waals surface area contributed by atoms with Crippen molar-refractivity contribution in [2.24, 2.45) is 0 Å². The molecule has 0 saturated heterocycles. The zero-order chi connectivity index (χ0) is 20.0. The normalized spacial score (nSPS) is 10.6. The van der Waals surface area contributed by atoms with Gasteiger partial charge in [0.1, 0.15) is 17.9 Å². The Morgan fingerprint density at radius 2 is 2.00 bits per heavy atom. The van der Waals surface area contributed by atoms with Gasteiger partial charge in [-0.05, 0) is 45.9 Å². The van der Waals surface area contributed by atoms with Gasteiger partial charge in [-0.3, -0.25) is 4.79 Å². The molecule has 0 aliphatic heterocycles. The first-order valence-electron chi connectivity index (χ1n) is 8.52. The third-order valence-electron chi connectivity index (χ3n) is 3.66. The predicted octanol–water partition coefficient (Wildman–Crippen LogP) is 2.85. The van der Waals surface area contributed by atoms with Gasteiger partial charge in [0.2, 0.25) is 5.69 Å².